The summed E-state index contributed by atoms with van der Waals surface area (Å²) >= 11 is 1.66. The third kappa shape index (κ3) is 9.37. The maximum absolute atomic E-state index is 13.0. The van der Waals surface area contributed by atoms with Gasteiger partial charge in [-0.15, -0.1) is 11.8 Å². The van der Waals surface area contributed by atoms with E-state index in [1.807, 2.05) is 48.7 Å². The van der Waals surface area contributed by atoms with Crippen molar-refractivity contribution in [3.05, 3.63) is 91.5 Å². The monoisotopic (exact) mass is 512 g/mol. The molecule has 0 amide bonds. The SMILES string of the molecule is CSc1ccccc1N=Cc1cccc(-c2ccc(F)cc2)n1.[Br-].[C-]#[O+].[C-]#[O+].[Mn]. The number of hydrogen-bond acceptors (Lipinski definition) is 3. The molecule has 0 aliphatic carbocycles. The molecule has 3 rings (SSSR count). The first kappa shape index (κ1) is 29.2. The molecule has 8 heteroatoms. The van der Waals surface area contributed by atoms with Crippen molar-refractivity contribution in [2.24, 2.45) is 4.99 Å². The summed E-state index contributed by atoms with van der Waals surface area (Å²) in [4.78, 5) is 10.2. The summed E-state index contributed by atoms with van der Waals surface area (Å²) in [5.41, 5.74) is 3.37. The third-order valence-corrected chi connectivity index (χ3v) is 4.12. The predicted molar refractivity (Wildman–Crippen MR) is 103 cm³/mol. The molecule has 1 radical (unpaired) electrons. The van der Waals surface area contributed by atoms with Crippen LogP contribution in [0.3, 0.4) is 0 Å². The number of para-hydroxylation sites is 1. The molecule has 1 heterocycles. The Balaban J connectivity index is 0. The van der Waals surface area contributed by atoms with Crippen LogP contribution in [0.2, 0.25) is 0 Å². The molecule has 29 heavy (non-hydrogen) atoms. The number of aliphatic imine (C=N–C) groups is 1. The fraction of sp³-hybridized carbons (Fsp3) is 0.0476. The molecule has 0 atom stereocenters. The van der Waals surface area contributed by atoms with E-state index < -0.39 is 0 Å². The normalized spacial score (nSPS) is 8.90. The Morgan fingerprint density at radius 2 is 1.55 bits per heavy atom. The molecule has 0 fully saturated rings. The zero-order valence-corrected chi connectivity index (χ0v) is 18.8. The molecule has 0 N–H and O–H groups in total. The largest absolute Gasteiger partial charge is 0 e. The van der Waals surface area contributed by atoms with E-state index in [0.29, 0.717) is 0 Å². The van der Waals surface area contributed by atoms with Gasteiger partial charge in [-0.25, -0.2) is 9.37 Å². The number of thioether (sulfide) groups is 1. The van der Waals surface area contributed by atoms with Crippen molar-refractivity contribution in [3.8, 4) is 11.3 Å². The number of nitrogens with zero attached hydrogens (tertiary/aromatic N) is 2. The minimum Gasteiger partial charge on any atom is 0 e. The van der Waals surface area contributed by atoms with E-state index in [2.05, 4.69) is 23.3 Å². The molecule has 0 saturated heterocycles. The van der Waals surface area contributed by atoms with E-state index in [1.165, 1.54) is 12.1 Å². The van der Waals surface area contributed by atoms with Crippen LogP contribution in [0.4, 0.5) is 10.1 Å². The van der Waals surface area contributed by atoms with Crippen LogP contribution in [0.25, 0.3) is 11.3 Å². The van der Waals surface area contributed by atoms with E-state index in [1.54, 1.807) is 30.1 Å². The predicted octanol–water partition coefficient (Wildman–Crippen LogP) is 2.29. The molecule has 149 valence electrons. The standard InChI is InChI=1S/C19H15FN2S.2CO.BrH.Mn/c1-23-19-8-3-2-6-18(19)21-13-16-5-4-7-17(22-16)14-9-11-15(20)12-10-14;2*1-2;;/h2-13H,1H3;;;1H;/p-1. The first-order chi connectivity index (χ1) is 13.3. The quantitative estimate of drug-likeness (QED) is 0.177. The summed E-state index contributed by atoms with van der Waals surface area (Å²) in [5.74, 6) is -0.250. The van der Waals surface area contributed by atoms with Gasteiger partial charge < -0.3 is 17.0 Å². The van der Waals surface area contributed by atoms with E-state index in [4.69, 9.17) is 9.30 Å². The third-order valence-electron chi connectivity index (χ3n) is 3.33. The summed E-state index contributed by atoms with van der Waals surface area (Å²) in [7, 11) is 0. The van der Waals surface area contributed by atoms with Gasteiger partial charge in [-0.2, -0.15) is 0 Å². The van der Waals surface area contributed by atoms with Crippen LogP contribution in [-0.4, -0.2) is 17.5 Å². The summed E-state index contributed by atoms with van der Waals surface area (Å²) in [6.45, 7) is 9.00. The van der Waals surface area contributed by atoms with Gasteiger partial charge in [-0.3, -0.25) is 4.99 Å². The molecule has 0 saturated carbocycles. The van der Waals surface area contributed by atoms with Crippen LogP contribution in [0.5, 0.6) is 0 Å². The van der Waals surface area contributed by atoms with Crippen LogP contribution < -0.4 is 17.0 Å². The van der Waals surface area contributed by atoms with Gasteiger partial charge in [0.2, 0.25) is 0 Å². The van der Waals surface area contributed by atoms with Crippen LogP contribution in [0, 0.1) is 19.1 Å². The Labute approximate surface area is 194 Å². The molecule has 4 nitrogen and oxygen atoms in total. The van der Waals surface area contributed by atoms with E-state index in [9.17, 15) is 4.39 Å². The molecule has 0 aliphatic rings. The maximum atomic E-state index is 13.0. The van der Waals surface area contributed by atoms with Gasteiger partial charge in [0.15, 0.2) is 0 Å². The zero-order valence-electron chi connectivity index (χ0n) is 15.2. The zero-order chi connectivity index (χ0) is 20.1. The van der Waals surface area contributed by atoms with Crippen molar-refractivity contribution in [1.29, 1.82) is 0 Å². The van der Waals surface area contributed by atoms with Crippen LogP contribution >= 0.6 is 11.8 Å². The van der Waals surface area contributed by atoms with Crippen LogP contribution in [0.1, 0.15) is 5.69 Å². The summed E-state index contributed by atoms with van der Waals surface area (Å²) in [5, 5.41) is 0. The molecule has 0 aliphatic heterocycles. The Kier molecular flexibility index (Phi) is 17.1. The minimum atomic E-state index is -0.250. The average molecular weight is 513 g/mol. The Morgan fingerprint density at radius 1 is 0.931 bits per heavy atom. The van der Waals surface area contributed by atoms with E-state index >= 15 is 0 Å². The van der Waals surface area contributed by atoms with Crippen LogP contribution in [0.15, 0.2) is 76.6 Å². The Bertz CT molecular complexity index is 928. The molecule has 2 aromatic carbocycles. The second-order valence-corrected chi connectivity index (χ2v) is 5.73. The van der Waals surface area contributed by atoms with Crippen molar-refractivity contribution in [2.75, 3.05) is 6.26 Å². The molecular formula is C21H15BrFMnN2O2S-. The molecule has 0 bridgehead atoms. The number of pyridine rings is 1. The Morgan fingerprint density at radius 3 is 2.17 bits per heavy atom. The fourth-order valence-electron chi connectivity index (χ4n) is 2.18. The first-order valence-electron chi connectivity index (χ1n) is 7.57. The molecule has 1 aromatic heterocycles. The van der Waals surface area contributed by atoms with Gasteiger partial charge in [0, 0.05) is 27.5 Å². The molecular weight excluding hydrogens is 498 g/mol. The van der Waals surface area contributed by atoms with Gasteiger partial charge in [0.25, 0.3) is 0 Å². The average Bonchev–Trinajstić information content (AvgIpc) is 2.76. The van der Waals surface area contributed by atoms with Gasteiger partial charge in [-0.1, -0.05) is 18.2 Å². The van der Waals surface area contributed by atoms with Gasteiger partial charge >= 0.3 is 22.6 Å². The number of benzene rings is 2. The van der Waals surface area contributed by atoms with Crippen molar-refractivity contribution < 1.29 is 47.7 Å². The van der Waals surface area contributed by atoms with Crippen molar-refractivity contribution in [1.82, 2.24) is 4.98 Å². The van der Waals surface area contributed by atoms with Crippen molar-refractivity contribution >= 4 is 23.7 Å². The minimum absolute atomic E-state index is 0. The smallest absolute Gasteiger partial charge is 0 e. The van der Waals surface area contributed by atoms with Crippen LogP contribution in [-0.2, 0) is 26.4 Å². The van der Waals surface area contributed by atoms with Crippen molar-refractivity contribution in [3.63, 3.8) is 0 Å². The fourth-order valence-corrected chi connectivity index (χ4v) is 2.72. The number of hydrogen-bond donors (Lipinski definition) is 0. The van der Waals surface area contributed by atoms with Gasteiger partial charge in [0.05, 0.1) is 23.3 Å². The van der Waals surface area contributed by atoms with Gasteiger partial charge in [0.1, 0.15) is 5.82 Å². The summed E-state index contributed by atoms with van der Waals surface area (Å²) in [6, 6.07) is 20.0. The molecule has 3 aromatic rings. The summed E-state index contributed by atoms with van der Waals surface area (Å²) < 4.78 is 28.0. The first-order valence-corrected chi connectivity index (χ1v) is 8.79. The number of aromatic nitrogens is 1. The topological polar surface area (TPSA) is 65.0 Å². The van der Waals surface area contributed by atoms with Gasteiger partial charge in [-0.05, 0) is 54.8 Å². The van der Waals surface area contributed by atoms with Crippen molar-refractivity contribution in [2.45, 2.75) is 4.90 Å². The second-order valence-electron chi connectivity index (χ2n) is 4.88. The number of halogens is 2. The number of rotatable bonds is 4. The van der Waals surface area contributed by atoms with E-state index in [0.717, 1.165) is 27.5 Å². The molecule has 0 unspecified atom stereocenters. The Hall–Kier alpha value is -1.98. The second kappa shape index (κ2) is 16.9. The molecule has 0 spiro atoms. The van der Waals surface area contributed by atoms with E-state index in [-0.39, 0.29) is 39.9 Å². The summed E-state index contributed by atoms with van der Waals surface area (Å²) in [6.07, 6.45) is 3.78. The maximum Gasteiger partial charge on any atom is 0 e.